The zero-order valence-corrected chi connectivity index (χ0v) is 30.9. The van der Waals surface area contributed by atoms with E-state index in [1.807, 2.05) is 31.3 Å². The molecule has 5 atom stereocenters. The van der Waals surface area contributed by atoms with Gasteiger partial charge in [0.05, 0.1) is 12.8 Å². The fraction of sp³-hybridized carbons (Fsp3) is 0.524. The molecule has 0 aromatic heterocycles. The number of nitrogens with one attached hydrogen (secondary N) is 3. The Balaban J connectivity index is 1.34. The van der Waals surface area contributed by atoms with Gasteiger partial charge in [0, 0.05) is 51.6 Å². The predicted molar refractivity (Wildman–Crippen MR) is 203 cm³/mol. The van der Waals surface area contributed by atoms with E-state index in [2.05, 4.69) is 51.0 Å². The highest BCUT2D eigenvalue weighted by atomic mass is 16.5. The lowest BCUT2D eigenvalue weighted by Crippen LogP contribution is -2.43. The Bertz CT molecular complexity index is 1800. The van der Waals surface area contributed by atoms with Crippen LogP contribution in [0.4, 0.5) is 5.69 Å². The van der Waals surface area contributed by atoms with Crippen LogP contribution >= 0.6 is 0 Å². The van der Waals surface area contributed by atoms with Crippen LogP contribution in [0.1, 0.15) is 68.9 Å². The molecule has 2 aromatic rings. The Morgan fingerprint density at radius 1 is 1.15 bits per heavy atom. The maximum absolute atomic E-state index is 14.3. The number of phenolic OH excluding ortho intramolecular Hbond substituents is 1. The summed E-state index contributed by atoms with van der Waals surface area (Å²) in [6, 6.07) is 12.6. The number of rotatable bonds is 8. The summed E-state index contributed by atoms with van der Waals surface area (Å²) in [7, 11) is 6.95. The van der Waals surface area contributed by atoms with E-state index in [1.165, 1.54) is 7.11 Å². The van der Waals surface area contributed by atoms with Crippen LogP contribution in [0, 0.1) is 47.2 Å². The monoisotopic (exact) mass is 708 g/mol. The topological polar surface area (TPSA) is 123 Å². The van der Waals surface area contributed by atoms with Gasteiger partial charge in [-0.05, 0) is 118 Å². The zero-order chi connectivity index (χ0) is 36.6. The average molecular weight is 709 g/mol. The minimum absolute atomic E-state index is 0.0698. The highest BCUT2D eigenvalue weighted by molar-refractivity contribution is 5.97. The maximum atomic E-state index is 14.3. The second-order valence-corrected chi connectivity index (χ2v) is 14.6. The van der Waals surface area contributed by atoms with Gasteiger partial charge in [0.15, 0.2) is 23.0 Å². The number of likely N-dealkylation sites (N-methyl/N-ethyl adjacent to an activating group) is 1. The van der Waals surface area contributed by atoms with Gasteiger partial charge in [-0.25, -0.2) is 0 Å². The average Bonchev–Trinajstić information content (AvgIpc) is 3.70. The first kappa shape index (κ1) is 37.1. The van der Waals surface area contributed by atoms with Gasteiger partial charge in [0.25, 0.3) is 0 Å². The highest BCUT2D eigenvalue weighted by Gasteiger charge is 2.48. The number of anilines is 1. The number of nitrogens with zero attached hydrogens (tertiary/aromatic N) is 1. The van der Waals surface area contributed by atoms with Crippen molar-refractivity contribution in [2.75, 3.05) is 46.8 Å². The second-order valence-electron chi connectivity index (χ2n) is 14.6. The molecule has 52 heavy (non-hydrogen) atoms. The van der Waals surface area contributed by atoms with E-state index in [-0.39, 0.29) is 17.5 Å². The Morgan fingerprint density at radius 3 is 2.85 bits per heavy atom. The van der Waals surface area contributed by atoms with Crippen molar-refractivity contribution in [1.29, 1.82) is 0 Å². The van der Waals surface area contributed by atoms with Crippen molar-refractivity contribution in [2.45, 2.75) is 76.2 Å². The first-order valence-corrected chi connectivity index (χ1v) is 18.5. The van der Waals surface area contributed by atoms with Gasteiger partial charge in [0.2, 0.25) is 11.7 Å². The first-order chi connectivity index (χ1) is 25.3. The minimum Gasteiger partial charge on any atom is -0.504 e. The normalized spacial score (nSPS) is 27.7. The van der Waals surface area contributed by atoms with Crippen LogP contribution in [0.2, 0.25) is 0 Å². The molecule has 2 aromatic carbocycles. The summed E-state index contributed by atoms with van der Waals surface area (Å²) in [5.74, 6) is 9.68. The van der Waals surface area contributed by atoms with Gasteiger partial charge >= 0.3 is 0 Å². The molecule has 6 rings (SSSR count). The fourth-order valence-corrected chi connectivity index (χ4v) is 8.81. The molecule has 4 bridgehead atoms. The number of carbonyl (C=O) groups excluding carboxylic acids is 1. The smallest absolute Gasteiger partial charge is 0.207 e. The lowest BCUT2D eigenvalue weighted by molar-refractivity contribution is -0.125. The van der Waals surface area contributed by atoms with E-state index in [0.717, 1.165) is 56.1 Å². The summed E-state index contributed by atoms with van der Waals surface area (Å²) in [5, 5.41) is 20.2. The number of ketones is 1. The van der Waals surface area contributed by atoms with Crippen LogP contribution in [0.3, 0.4) is 0 Å². The number of hydrogen-bond donors (Lipinski definition) is 4. The molecule has 10 nitrogen and oxygen atoms in total. The number of phenols is 1. The summed E-state index contributed by atoms with van der Waals surface area (Å²) in [5.41, 5.74) is 1.61. The second kappa shape index (κ2) is 16.8. The molecule has 2 heterocycles. The number of aromatic hydroxyl groups is 1. The number of ether oxygens (including phenoxy) is 4. The first-order valence-electron chi connectivity index (χ1n) is 18.5. The number of aryl methyl sites for hydroxylation is 1. The number of carbonyl (C=O) groups is 1. The summed E-state index contributed by atoms with van der Waals surface area (Å²) in [6.45, 7) is 1.39. The number of benzene rings is 2. The molecule has 10 heteroatoms. The van der Waals surface area contributed by atoms with Crippen LogP contribution in [0.15, 0.2) is 47.5 Å². The molecule has 2 aliphatic carbocycles. The molecule has 0 radical (unpaired) electrons. The van der Waals surface area contributed by atoms with Crippen molar-refractivity contribution in [1.82, 2.24) is 10.6 Å². The van der Waals surface area contributed by atoms with Crippen molar-refractivity contribution >= 4 is 17.4 Å². The predicted octanol–water partition coefficient (Wildman–Crippen LogP) is 5.98. The van der Waals surface area contributed by atoms with E-state index >= 15 is 0 Å². The van der Waals surface area contributed by atoms with Crippen molar-refractivity contribution < 1.29 is 28.8 Å². The Morgan fingerprint density at radius 2 is 2.04 bits per heavy atom. The highest BCUT2D eigenvalue weighted by Crippen LogP contribution is 2.50. The molecule has 0 amide bonds. The quantitative estimate of drug-likeness (QED) is 0.245. The standard InChI is InChI=1S/C42H52N4O6/c1-43-28-41-26-31(32(27-41)17-21-49-3)11-9-20-51-39-34-22-29(23-37(39)52-41)10-5-6-14-38(48)42(25-30-15-16-35(47)36(24-30)50-4)18-7-12-33(42)13-8-19-45-40(44-2)46-34/h6,14-16,22-24,31-33,43,47H,5,7,10-13,17-18,21,25-28H2,1-4H3,(H2,44,45,46). The molecule has 2 saturated carbocycles. The molecule has 4 N–H and O–H groups in total. The molecule has 2 aliphatic heterocycles. The van der Waals surface area contributed by atoms with Crippen molar-refractivity contribution in [3.05, 3.63) is 53.6 Å². The van der Waals surface area contributed by atoms with Crippen LogP contribution in [0.5, 0.6) is 23.0 Å². The molecular weight excluding hydrogens is 656 g/mol. The van der Waals surface area contributed by atoms with Gasteiger partial charge in [-0.3, -0.25) is 15.1 Å². The lowest BCUT2D eigenvalue weighted by atomic mass is 9.69. The SMILES string of the molecule is CN=C1NC#CCC2CCCC2(Cc2ccc(O)c(OC)c2)C(=O)C=CCCc2cc(c3c(c2)OC2(CNC)CC(CC#CO3)C(CCOC)C2)N1. The van der Waals surface area contributed by atoms with Gasteiger partial charge in [-0.15, -0.1) is 0 Å². The number of aliphatic imine (C=N–C) groups is 1. The van der Waals surface area contributed by atoms with Gasteiger partial charge < -0.3 is 34.7 Å². The number of allylic oxidation sites excluding steroid dienone is 2. The third kappa shape index (κ3) is 8.20. The van der Waals surface area contributed by atoms with E-state index in [0.29, 0.717) is 79.6 Å². The summed E-state index contributed by atoms with van der Waals surface area (Å²) in [6.07, 6.45) is 15.3. The fourth-order valence-electron chi connectivity index (χ4n) is 8.81. The van der Waals surface area contributed by atoms with Crippen LogP contribution < -0.4 is 30.2 Å². The van der Waals surface area contributed by atoms with Crippen molar-refractivity contribution in [3.8, 4) is 47.0 Å². The molecule has 4 aliphatic rings. The zero-order valence-electron chi connectivity index (χ0n) is 30.9. The number of fused-ring (bicyclic) bond motifs is 7. The van der Waals surface area contributed by atoms with Crippen molar-refractivity contribution in [2.24, 2.45) is 28.2 Å². The maximum Gasteiger partial charge on any atom is 0.207 e. The summed E-state index contributed by atoms with van der Waals surface area (Å²) < 4.78 is 24.1. The summed E-state index contributed by atoms with van der Waals surface area (Å²) >= 11 is 0. The van der Waals surface area contributed by atoms with E-state index in [4.69, 9.17) is 18.9 Å². The Kier molecular flexibility index (Phi) is 12.0. The Labute approximate surface area is 308 Å². The number of methoxy groups -OCH3 is 2. The third-order valence-electron chi connectivity index (χ3n) is 11.3. The molecule has 2 fully saturated rings. The van der Waals surface area contributed by atoms with Gasteiger partial charge in [0.1, 0.15) is 11.7 Å². The van der Waals surface area contributed by atoms with Gasteiger partial charge in [-0.1, -0.05) is 30.4 Å². The van der Waals surface area contributed by atoms with E-state index in [1.54, 1.807) is 26.3 Å². The summed E-state index contributed by atoms with van der Waals surface area (Å²) in [4.78, 5) is 18.7. The molecule has 5 unspecified atom stereocenters. The Hall–Kier alpha value is -4.64. The van der Waals surface area contributed by atoms with Crippen LogP contribution in [-0.2, 0) is 22.4 Å². The molecule has 0 saturated heterocycles. The minimum atomic E-state index is -0.606. The third-order valence-corrected chi connectivity index (χ3v) is 11.3. The van der Waals surface area contributed by atoms with E-state index in [9.17, 15) is 9.90 Å². The van der Waals surface area contributed by atoms with Crippen molar-refractivity contribution in [3.63, 3.8) is 0 Å². The number of hydrogen-bond acceptors (Lipinski definition) is 8. The van der Waals surface area contributed by atoms with Crippen LogP contribution in [-0.4, -0.2) is 63.9 Å². The van der Waals surface area contributed by atoms with Crippen LogP contribution in [0.25, 0.3) is 0 Å². The van der Waals surface area contributed by atoms with Gasteiger partial charge in [-0.2, -0.15) is 0 Å². The molecule has 276 valence electrons. The molecular formula is C42H52N4O6. The van der Waals surface area contributed by atoms with E-state index < -0.39 is 11.0 Å². The lowest BCUT2D eigenvalue weighted by Gasteiger charge is -2.33. The molecule has 0 spiro atoms. The largest absolute Gasteiger partial charge is 0.504 e. The number of guanidine groups is 1.